The number of nitrogen functional groups attached to an aromatic ring is 1. The Kier molecular flexibility index (Phi) is 2.73. The van der Waals surface area contributed by atoms with E-state index >= 15 is 0 Å². The van der Waals surface area contributed by atoms with Gasteiger partial charge < -0.3 is 5.73 Å². The van der Waals surface area contributed by atoms with E-state index in [-0.39, 0.29) is 0 Å². The fourth-order valence-corrected chi connectivity index (χ4v) is 1.28. The normalized spacial score (nSPS) is 16.0. The van der Waals surface area contributed by atoms with Gasteiger partial charge in [0.05, 0.1) is 18.1 Å². The summed E-state index contributed by atoms with van der Waals surface area (Å²) in [5, 5.41) is 0. The second-order valence-corrected chi connectivity index (χ2v) is 3.79. The van der Waals surface area contributed by atoms with E-state index in [0.717, 1.165) is 23.4 Å². The van der Waals surface area contributed by atoms with Gasteiger partial charge in [0.2, 0.25) is 0 Å². The second-order valence-electron chi connectivity index (χ2n) is 3.02. The topological polar surface area (TPSA) is 44.5 Å². The molecule has 0 bridgehead atoms. The molecule has 1 aliphatic rings. The summed E-state index contributed by atoms with van der Waals surface area (Å²) in [4.78, 5) is 6.01. The van der Waals surface area contributed by atoms with Crippen LogP contribution in [0.25, 0.3) is 0 Å². The van der Waals surface area contributed by atoms with Gasteiger partial charge in [-0.25, -0.2) is 4.89 Å². The van der Waals surface area contributed by atoms with Gasteiger partial charge in [-0.1, -0.05) is 0 Å². The Morgan fingerprint density at radius 1 is 1.23 bits per heavy atom. The minimum atomic E-state index is 0.321. The molecular weight excluding hydrogens is 186 g/mol. The fraction of sp³-hybridized carbons (Fsp3) is 0.333. The molecule has 70 valence electrons. The number of benzene rings is 1. The van der Waals surface area contributed by atoms with E-state index in [0.29, 0.717) is 6.10 Å². The van der Waals surface area contributed by atoms with Gasteiger partial charge in [0.1, 0.15) is 0 Å². The Balaban J connectivity index is 1.76. The molecule has 2 rings (SSSR count). The molecule has 0 atom stereocenters. The minimum absolute atomic E-state index is 0.321. The molecule has 1 fully saturated rings. The zero-order valence-corrected chi connectivity index (χ0v) is 7.92. The van der Waals surface area contributed by atoms with Crippen molar-refractivity contribution in [1.29, 1.82) is 0 Å². The van der Waals surface area contributed by atoms with E-state index in [4.69, 9.17) is 15.0 Å². The number of nitrogens with two attached hydrogens (primary N) is 1. The van der Waals surface area contributed by atoms with Crippen molar-refractivity contribution in [2.45, 2.75) is 23.8 Å². The molecule has 1 saturated carbocycles. The van der Waals surface area contributed by atoms with Crippen molar-refractivity contribution in [3.8, 4) is 0 Å². The van der Waals surface area contributed by atoms with Crippen molar-refractivity contribution >= 4 is 17.7 Å². The zero-order chi connectivity index (χ0) is 9.10. The number of anilines is 1. The van der Waals surface area contributed by atoms with E-state index in [1.54, 1.807) is 0 Å². The smallest absolute Gasteiger partial charge is 0.0944 e. The molecule has 0 unspecified atom stereocenters. The lowest BCUT2D eigenvalue weighted by Crippen LogP contribution is -1.89. The average molecular weight is 197 g/mol. The van der Waals surface area contributed by atoms with Gasteiger partial charge in [-0.05, 0) is 37.1 Å². The molecule has 1 aromatic carbocycles. The van der Waals surface area contributed by atoms with Crippen LogP contribution in [0.5, 0.6) is 0 Å². The van der Waals surface area contributed by atoms with Crippen LogP contribution >= 0.6 is 12.0 Å². The first-order chi connectivity index (χ1) is 6.34. The maximum absolute atomic E-state index is 5.53. The first-order valence-corrected chi connectivity index (χ1v) is 4.94. The first kappa shape index (κ1) is 8.87. The molecule has 0 heterocycles. The molecule has 0 aromatic heterocycles. The van der Waals surface area contributed by atoms with Crippen LogP contribution < -0.4 is 5.73 Å². The summed E-state index contributed by atoms with van der Waals surface area (Å²) in [5.41, 5.74) is 6.29. The Labute approximate surface area is 81.3 Å². The van der Waals surface area contributed by atoms with Gasteiger partial charge in [-0.2, -0.15) is 4.33 Å². The summed E-state index contributed by atoms with van der Waals surface area (Å²) in [6.45, 7) is 0. The maximum atomic E-state index is 5.53. The predicted molar refractivity (Wildman–Crippen MR) is 51.9 cm³/mol. The van der Waals surface area contributed by atoms with Crippen LogP contribution in [0, 0.1) is 0 Å². The van der Waals surface area contributed by atoms with Crippen molar-refractivity contribution in [2.75, 3.05) is 5.73 Å². The standard InChI is InChI=1S/C9H11NO2S/c10-7-1-5-9(6-2-7)13-12-11-8-3-4-8/h1-2,5-6,8H,3-4,10H2. The zero-order valence-electron chi connectivity index (χ0n) is 7.10. The highest BCUT2D eigenvalue weighted by Crippen LogP contribution is 2.28. The maximum Gasteiger partial charge on any atom is 0.0944 e. The highest BCUT2D eigenvalue weighted by molar-refractivity contribution is 7.94. The molecule has 1 aromatic rings. The quantitative estimate of drug-likeness (QED) is 0.348. The molecule has 0 amide bonds. The van der Waals surface area contributed by atoms with Crippen molar-refractivity contribution in [3.63, 3.8) is 0 Å². The predicted octanol–water partition coefficient (Wildman–Crippen LogP) is 2.39. The molecule has 2 N–H and O–H groups in total. The molecule has 1 aliphatic carbocycles. The molecular formula is C9H11NO2S. The average Bonchev–Trinajstić information content (AvgIpc) is 2.92. The molecule has 13 heavy (non-hydrogen) atoms. The van der Waals surface area contributed by atoms with E-state index < -0.39 is 0 Å². The molecule has 4 heteroatoms. The van der Waals surface area contributed by atoms with Crippen molar-refractivity contribution in [3.05, 3.63) is 24.3 Å². The minimum Gasteiger partial charge on any atom is -0.399 e. The SMILES string of the molecule is Nc1ccc(SOOC2CC2)cc1. The summed E-state index contributed by atoms with van der Waals surface area (Å²) in [7, 11) is 0. The fourth-order valence-electron chi connectivity index (χ4n) is 0.802. The summed E-state index contributed by atoms with van der Waals surface area (Å²) in [6, 6.07) is 7.47. The Hall–Kier alpha value is -0.710. The highest BCUT2D eigenvalue weighted by Gasteiger charge is 2.23. The number of hydrogen-bond donors (Lipinski definition) is 1. The van der Waals surface area contributed by atoms with Crippen molar-refractivity contribution in [2.24, 2.45) is 0 Å². The Morgan fingerprint density at radius 3 is 2.54 bits per heavy atom. The van der Waals surface area contributed by atoms with Crippen LogP contribution in [0.4, 0.5) is 5.69 Å². The lowest BCUT2D eigenvalue weighted by molar-refractivity contribution is -0.201. The van der Waals surface area contributed by atoms with Crippen LogP contribution in [0.15, 0.2) is 29.2 Å². The third kappa shape index (κ3) is 2.91. The molecule has 3 nitrogen and oxygen atoms in total. The van der Waals surface area contributed by atoms with Crippen LogP contribution in [0.2, 0.25) is 0 Å². The molecule has 0 radical (unpaired) electrons. The Bertz CT molecular complexity index is 271. The van der Waals surface area contributed by atoms with E-state index in [1.807, 2.05) is 24.3 Å². The van der Waals surface area contributed by atoms with E-state index in [9.17, 15) is 0 Å². The molecule has 0 saturated heterocycles. The van der Waals surface area contributed by atoms with Crippen LogP contribution in [-0.2, 0) is 9.22 Å². The summed E-state index contributed by atoms with van der Waals surface area (Å²) < 4.78 is 4.96. The van der Waals surface area contributed by atoms with Gasteiger partial charge in [0, 0.05) is 10.6 Å². The number of hydrogen-bond acceptors (Lipinski definition) is 4. The monoisotopic (exact) mass is 197 g/mol. The third-order valence-electron chi connectivity index (χ3n) is 1.71. The third-order valence-corrected chi connectivity index (χ3v) is 2.32. The van der Waals surface area contributed by atoms with Gasteiger partial charge >= 0.3 is 0 Å². The molecule has 0 aliphatic heterocycles. The van der Waals surface area contributed by atoms with Gasteiger partial charge in [-0.15, -0.1) is 0 Å². The van der Waals surface area contributed by atoms with Crippen LogP contribution in [0.3, 0.4) is 0 Å². The second kappa shape index (κ2) is 4.00. The molecule has 0 spiro atoms. The lowest BCUT2D eigenvalue weighted by atomic mass is 10.3. The van der Waals surface area contributed by atoms with Crippen LogP contribution in [0.1, 0.15) is 12.8 Å². The van der Waals surface area contributed by atoms with Gasteiger partial charge in [0.25, 0.3) is 0 Å². The van der Waals surface area contributed by atoms with E-state index in [1.165, 1.54) is 12.0 Å². The first-order valence-electron chi connectivity index (χ1n) is 4.20. The summed E-state index contributed by atoms with van der Waals surface area (Å²) >= 11 is 1.22. The van der Waals surface area contributed by atoms with Crippen LogP contribution in [-0.4, -0.2) is 6.10 Å². The number of rotatable bonds is 4. The van der Waals surface area contributed by atoms with Gasteiger partial charge in [-0.3, -0.25) is 0 Å². The largest absolute Gasteiger partial charge is 0.399 e. The van der Waals surface area contributed by atoms with Crippen molar-refractivity contribution in [1.82, 2.24) is 0 Å². The summed E-state index contributed by atoms with van der Waals surface area (Å²) in [5.74, 6) is 0. The van der Waals surface area contributed by atoms with E-state index in [2.05, 4.69) is 0 Å². The summed E-state index contributed by atoms with van der Waals surface area (Å²) in [6.07, 6.45) is 2.55. The van der Waals surface area contributed by atoms with Crippen molar-refractivity contribution < 1.29 is 9.22 Å². The van der Waals surface area contributed by atoms with Gasteiger partial charge in [0.15, 0.2) is 0 Å². The highest BCUT2D eigenvalue weighted by atomic mass is 32.2. The Morgan fingerprint density at radius 2 is 1.92 bits per heavy atom. The lowest BCUT2D eigenvalue weighted by Gasteiger charge is -2.00.